The van der Waals surface area contributed by atoms with Gasteiger partial charge in [0.25, 0.3) is 0 Å². The largest absolute Gasteiger partial charge is 0.368 e. The molecule has 1 heterocycles. The van der Waals surface area contributed by atoms with E-state index in [4.69, 9.17) is 0 Å². The SMILES string of the molecule is C=C1C(C)N1C. The van der Waals surface area contributed by atoms with Gasteiger partial charge in [0.05, 0.1) is 6.04 Å². The van der Waals surface area contributed by atoms with Crippen LogP contribution in [-0.2, 0) is 0 Å². The van der Waals surface area contributed by atoms with Gasteiger partial charge in [-0.15, -0.1) is 0 Å². The Kier molecular flexibility index (Phi) is 0.484. The Labute approximate surface area is 38.3 Å². The van der Waals surface area contributed by atoms with Crippen molar-refractivity contribution in [1.82, 2.24) is 4.90 Å². The van der Waals surface area contributed by atoms with Crippen molar-refractivity contribution in [3.05, 3.63) is 12.3 Å². The molecule has 0 amide bonds. The van der Waals surface area contributed by atoms with Crippen molar-refractivity contribution in [1.29, 1.82) is 0 Å². The average Bonchev–Trinajstić information content (AvgIpc) is 1.94. The van der Waals surface area contributed by atoms with Crippen LogP contribution in [0.1, 0.15) is 6.92 Å². The highest BCUT2D eigenvalue weighted by Crippen LogP contribution is 2.26. The first-order valence-corrected chi connectivity index (χ1v) is 2.15. The molecule has 34 valence electrons. The zero-order chi connectivity index (χ0) is 4.73. The second-order valence-corrected chi connectivity index (χ2v) is 1.78. The topological polar surface area (TPSA) is 3.01 Å². The smallest absolute Gasteiger partial charge is 0.0650 e. The Balaban J connectivity index is 2.51. The lowest BCUT2D eigenvalue weighted by atomic mass is 10.5. The molecule has 6 heavy (non-hydrogen) atoms. The summed E-state index contributed by atoms with van der Waals surface area (Å²) in [6.07, 6.45) is 0. The molecule has 0 bridgehead atoms. The third kappa shape index (κ3) is 0.251. The van der Waals surface area contributed by atoms with E-state index in [1.807, 2.05) is 7.05 Å². The van der Waals surface area contributed by atoms with E-state index in [9.17, 15) is 0 Å². The van der Waals surface area contributed by atoms with Crippen molar-refractivity contribution >= 4 is 0 Å². The third-order valence-electron chi connectivity index (χ3n) is 1.45. The van der Waals surface area contributed by atoms with Crippen LogP contribution < -0.4 is 0 Å². The molecule has 1 aliphatic heterocycles. The third-order valence-corrected chi connectivity index (χ3v) is 1.45. The van der Waals surface area contributed by atoms with Gasteiger partial charge in [0.1, 0.15) is 0 Å². The maximum Gasteiger partial charge on any atom is 0.0650 e. The van der Waals surface area contributed by atoms with Crippen molar-refractivity contribution in [3.63, 3.8) is 0 Å². The summed E-state index contributed by atoms with van der Waals surface area (Å²) in [5, 5.41) is 0. The molecular weight excluding hydrogens is 74.1 g/mol. The predicted octanol–water partition coefficient (Wildman–Crippen LogP) is 0.834. The molecule has 1 unspecified atom stereocenters. The van der Waals surface area contributed by atoms with E-state index in [-0.39, 0.29) is 0 Å². The van der Waals surface area contributed by atoms with Gasteiger partial charge in [-0.25, -0.2) is 0 Å². The van der Waals surface area contributed by atoms with E-state index < -0.39 is 0 Å². The molecule has 0 aliphatic carbocycles. The first-order valence-electron chi connectivity index (χ1n) is 2.15. The van der Waals surface area contributed by atoms with E-state index in [0.717, 1.165) is 0 Å². The summed E-state index contributed by atoms with van der Waals surface area (Å²) in [5.74, 6) is 0. The van der Waals surface area contributed by atoms with E-state index in [1.54, 1.807) is 0 Å². The summed E-state index contributed by atoms with van der Waals surface area (Å²) in [6, 6.07) is 0.657. The fourth-order valence-corrected chi connectivity index (χ4v) is 0.490. The van der Waals surface area contributed by atoms with E-state index in [2.05, 4.69) is 18.4 Å². The van der Waals surface area contributed by atoms with Crippen LogP contribution in [0.5, 0.6) is 0 Å². The zero-order valence-corrected chi connectivity index (χ0v) is 4.23. The molecule has 1 atom stereocenters. The molecule has 1 heteroatoms. The molecule has 0 saturated carbocycles. The van der Waals surface area contributed by atoms with Crippen molar-refractivity contribution in [2.75, 3.05) is 7.05 Å². The van der Waals surface area contributed by atoms with Crippen LogP contribution in [0.3, 0.4) is 0 Å². The minimum absolute atomic E-state index is 0.657. The van der Waals surface area contributed by atoms with Gasteiger partial charge in [0.2, 0.25) is 0 Å². The highest BCUT2D eigenvalue weighted by Gasteiger charge is 2.28. The van der Waals surface area contributed by atoms with Crippen molar-refractivity contribution in [2.45, 2.75) is 13.0 Å². The summed E-state index contributed by atoms with van der Waals surface area (Å²) in [7, 11) is 2.05. The number of likely N-dealkylation sites (N-methyl/N-ethyl adjacent to an activating group) is 1. The van der Waals surface area contributed by atoms with Gasteiger partial charge in [-0.1, -0.05) is 6.58 Å². The maximum atomic E-state index is 3.75. The van der Waals surface area contributed by atoms with Crippen molar-refractivity contribution in [2.24, 2.45) is 0 Å². The minimum Gasteiger partial charge on any atom is -0.368 e. The number of hydrogen-bond donors (Lipinski definition) is 0. The van der Waals surface area contributed by atoms with E-state index in [0.29, 0.717) is 6.04 Å². The molecule has 1 saturated heterocycles. The monoisotopic (exact) mass is 83.1 g/mol. The lowest BCUT2D eigenvalue weighted by molar-refractivity contribution is 0.653. The summed E-state index contributed by atoms with van der Waals surface area (Å²) < 4.78 is 0. The Morgan fingerprint density at radius 3 is 2.00 bits per heavy atom. The van der Waals surface area contributed by atoms with Crippen LogP contribution in [-0.4, -0.2) is 18.0 Å². The number of rotatable bonds is 0. The number of nitrogens with zero attached hydrogens (tertiary/aromatic N) is 1. The fourth-order valence-electron chi connectivity index (χ4n) is 0.490. The molecule has 0 aromatic heterocycles. The highest BCUT2D eigenvalue weighted by atomic mass is 15.3. The first-order chi connectivity index (χ1) is 2.73. The van der Waals surface area contributed by atoms with Gasteiger partial charge < -0.3 is 4.90 Å². The summed E-state index contributed by atoms with van der Waals surface area (Å²) in [6.45, 7) is 5.90. The summed E-state index contributed by atoms with van der Waals surface area (Å²) in [5.41, 5.74) is 1.26. The van der Waals surface area contributed by atoms with Gasteiger partial charge >= 0.3 is 0 Å². The Hall–Kier alpha value is -0.460. The summed E-state index contributed by atoms with van der Waals surface area (Å²) >= 11 is 0. The average molecular weight is 83.1 g/mol. The van der Waals surface area contributed by atoms with Crippen LogP contribution in [0.25, 0.3) is 0 Å². The van der Waals surface area contributed by atoms with E-state index >= 15 is 0 Å². The normalized spacial score (nSPS) is 31.3. The molecule has 1 nitrogen and oxygen atoms in total. The number of hydrogen-bond acceptors (Lipinski definition) is 1. The Morgan fingerprint density at radius 1 is 1.83 bits per heavy atom. The Morgan fingerprint density at radius 2 is 2.00 bits per heavy atom. The molecule has 0 spiro atoms. The second-order valence-electron chi connectivity index (χ2n) is 1.78. The second kappa shape index (κ2) is 0.780. The molecular formula is C5H9N. The van der Waals surface area contributed by atoms with Crippen LogP contribution in [0.15, 0.2) is 12.3 Å². The standard InChI is InChI=1S/C5H9N/c1-4-5(2)6(4)3/h5H,1H2,2-3H3. The first kappa shape index (κ1) is 3.72. The van der Waals surface area contributed by atoms with Crippen LogP contribution in [0, 0.1) is 0 Å². The van der Waals surface area contributed by atoms with Crippen molar-refractivity contribution in [3.8, 4) is 0 Å². The Bertz CT molecular complexity index is 75.9. The molecule has 0 aromatic carbocycles. The van der Waals surface area contributed by atoms with E-state index in [1.165, 1.54) is 5.70 Å². The van der Waals surface area contributed by atoms with Gasteiger partial charge in [-0.3, -0.25) is 0 Å². The molecule has 0 aromatic rings. The molecule has 1 aliphatic rings. The summed E-state index contributed by atoms with van der Waals surface area (Å²) in [4.78, 5) is 2.14. The molecule has 0 N–H and O–H groups in total. The minimum atomic E-state index is 0.657. The highest BCUT2D eigenvalue weighted by molar-refractivity contribution is 5.19. The lowest BCUT2D eigenvalue weighted by Crippen LogP contribution is -1.83. The van der Waals surface area contributed by atoms with Crippen molar-refractivity contribution < 1.29 is 0 Å². The van der Waals surface area contributed by atoms with Crippen LogP contribution in [0.2, 0.25) is 0 Å². The van der Waals surface area contributed by atoms with Gasteiger partial charge in [0, 0.05) is 12.7 Å². The van der Waals surface area contributed by atoms with Gasteiger partial charge in [0.15, 0.2) is 0 Å². The molecule has 1 fully saturated rings. The fraction of sp³-hybridized carbons (Fsp3) is 0.600. The molecule has 1 rings (SSSR count). The maximum absolute atomic E-state index is 3.75. The lowest BCUT2D eigenvalue weighted by Gasteiger charge is -1.78. The molecule has 0 radical (unpaired) electrons. The van der Waals surface area contributed by atoms with Crippen LogP contribution >= 0.6 is 0 Å². The van der Waals surface area contributed by atoms with Gasteiger partial charge in [-0.05, 0) is 6.92 Å². The quantitative estimate of drug-likeness (QED) is 0.392. The van der Waals surface area contributed by atoms with Crippen LogP contribution in [0.4, 0.5) is 0 Å². The zero-order valence-electron chi connectivity index (χ0n) is 4.23. The predicted molar refractivity (Wildman–Crippen MR) is 26.4 cm³/mol. The van der Waals surface area contributed by atoms with Gasteiger partial charge in [-0.2, -0.15) is 0 Å².